The quantitative estimate of drug-likeness (QED) is 0.754. The maximum atomic E-state index is 12.1. The molecule has 1 aliphatic rings. The fourth-order valence-electron chi connectivity index (χ4n) is 2.29. The van der Waals surface area contributed by atoms with Gasteiger partial charge in [0.15, 0.2) is 0 Å². The van der Waals surface area contributed by atoms with E-state index in [4.69, 9.17) is 18.0 Å². The lowest BCUT2D eigenvalue weighted by atomic mass is 9.96. The van der Waals surface area contributed by atoms with E-state index < -0.39 is 0 Å². The minimum absolute atomic E-state index is 0.0208. The lowest BCUT2D eigenvalue weighted by molar-refractivity contribution is 0.189. The zero-order chi connectivity index (χ0) is 13.5. The molecule has 1 unspecified atom stereocenters. The highest BCUT2D eigenvalue weighted by atomic mass is 32.1. The van der Waals surface area contributed by atoms with Crippen molar-refractivity contribution in [2.45, 2.75) is 52.0 Å². The van der Waals surface area contributed by atoms with Crippen molar-refractivity contribution >= 4 is 23.2 Å². The van der Waals surface area contributed by atoms with Crippen molar-refractivity contribution < 1.29 is 4.79 Å². The molecule has 0 aromatic heterocycles. The second-order valence-electron chi connectivity index (χ2n) is 5.13. The van der Waals surface area contributed by atoms with E-state index in [1.54, 1.807) is 4.90 Å². The van der Waals surface area contributed by atoms with Crippen LogP contribution in [0.1, 0.15) is 46.0 Å². The lowest BCUT2D eigenvalue weighted by Gasteiger charge is -2.29. The molecule has 0 bridgehead atoms. The molecule has 5 heteroatoms. The molecule has 1 aliphatic carbocycles. The Labute approximate surface area is 115 Å². The summed E-state index contributed by atoms with van der Waals surface area (Å²) in [5.41, 5.74) is 5.60. The van der Waals surface area contributed by atoms with E-state index in [0.717, 1.165) is 12.8 Å². The number of urea groups is 1. The van der Waals surface area contributed by atoms with Crippen LogP contribution in [0.15, 0.2) is 0 Å². The van der Waals surface area contributed by atoms with E-state index in [1.807, 2.05) is 13.8 Å². The van der Waals surface area contributed by atoms with Crippen molar-refractivity contribution in [2.24, 2.45) is 11.7 Å². The van der Waals surface area contributed by atoms with Crippen LogP contribution >= 0.6 is 12.2 Å². The van der Waals surface area contributed by atoms with Crippen molar-refractivity contribution in [3.05, 3.63) is 0 Å². The van der Waals surface area contributed by atoms with Crippen LogP contribution in [0.2, 0.25) is 0 Å². The van der Waals surface area contributed by atoms with Gasteiger partial charge in [-0.2, -0.15) is 0 Å². The number of carbonyl (C=O) groups is 1. The highest BCUT2D eigenvalue weighted by Crippen LogP contribution is 2.17. The minimum Gasteiger partial charge on any atom is -0.393 e. The summed E-state index contributed by atoms with van der Waals surface area (Å²) in [6.45, 7) is 5.22. The van der Waals surface area contributed by atoms with Gasteiger partial charge in [-0.1, -0.05) is 38.4 Å². The smallest absolute Gasteiger partial charge is 0.317 e. The Bertz CT molecular complexity index is 290. The highest BCUT2D eigenvalue weighted by molar-refractivity contribution is 7.80. The maximum absolute atomic E-state index is 12.1. The van der Waals surface area contributed by atoms with Gasteiger partial charge in [-0.15, -0.1) is 0 Å². The van der Waals surface area contributed by atoms with E-state index in [9.17, 15) is 4.79 Å². The van der Waals surface area contributed by atoms with Gasteiger partial charge < -0.3 is 16.0 Å². The van der Waals surface area contributed by atoms with Crippen molar-refractivity contribution in [1.82, 2.24) is 10.2 Å². The predicted molar refractivity (Wildman–Crippen MR) is 78.6 cm³/mol. The normalized spacial score (nSPS) is 18.1. The Balaban J connectivity index is 2.43. The summed E-state index contributed by atoms with van der Waals surface area (Å²) in [4.78, 5) is 14.4. The zero-order valence-electron chi connectivity index (χ0n) is 11.4. The van der Waals surface area contributed by atoms with Gasteiger partial charge in [0, 0.05) is 25.0 Å². The predicted octanol–water partition coefficient (Wildman–Crippen LogP) is 2.27. The number of hydrogen-bond donors (Lipinski definition) is 2. The van der Waals surface area contributed by atoms with E-state index in [2.05, 4.69) is 5.32 Å². The number of nitrogens with one attached hydrogen (secondary N) is 1. The summed E-state index contributed by atoms with van der Waals surface area (Å²) < 4.78 is 0. The third-order valence-corrected chi connectivity index (χ3v) is 3.98. The van der Waals surface area contributed by atoms with E-state index in [0.29, 0.717) is 24.1 Å². The Morgan fingerprint density at radius 1 is 1.44 bits per heavy atom. The van der Waals surface area contributed by atoms with E-state index in [-0.39, 0.29) is 11.9 Å². The topological polar surface area (TPSA) is 58.4 Å². The van der Waals surface area contributed by atoms with Gasteiger partial charge in [-0.25, -0.2) is 4.79 Å². The fourth-order valence-corrected chi connectivity index (χ4v) is 2.36. The maximum Gasteiger partial charge on any atom is 0.317 e. The fraction of sp³-hybridized carbons (Fsp3) is 0.846. The first-order valence-electron chi connectivity index (χ1n) is 6.89. The molecular formula is C13H25N3OS. The monoisotopic (exact) mass is 271 g/mol. The molecule has 0 aliphatic heterocycles. The van der Waals surface area contributed by atoms with Crippen molar-refractivity contribution in [3.63, 3.8) is 0 Å². The van der Waals surface area contributed by atoms with E-state index >= 15 is 0 Å². The van der Waals surface area contributed by atoms with Gasteiger partial charge in [0.05, 0.1) is 4.99 Å². The molecule has 1 saturated carbocycles. The molecule has 2 amide bonds. The summed E-state index contributed by atoms with van der Waals surface area (Å²) in [6, 6.07) is 0.368. The first-order valence-corrected chi connectivity index (χ1v) is 7.30. The van der Waals surface area contributed by atoms with Gasteiger partial charge in [-0.3, -0.25) is 0 Å². The Kier molecular flexibility index (Phi) is 6.39. The summed E-state index contributed by atoms with van der Waals surface area (Å²) in [7, 11) is 0. The number of nitrogens with two attached hydrogens (primary N) is 1. The molecule has 1 fully saturated rings. The van der Waals surface area contributed by atoms with E-state index in [1.165, 1.54) is 19.3 Å². The summed E-state index contributed by atoms with van der Waals surface area (Å²) in [6.07, 6.45) is 5.95. The number of carbonyl (C=O) groups excluding carboxylic acids is 1. The number of nitrogens with zero attached hydrogens (tertiary/aromatic N) is 1. The van der Waals surface area contributed by atoms with Crippen LogP contribution in [0.4, 0.5) is 4.79 Å². The summed E-state index contributed by atoms with van der Waals surface area (Å²) >= 11 is 4.95. The largest absolute Gasteiger partial charge is 0.393 e. The van der Waals surface area contributed by atoms with Gasteiger partial charge in [0.1, 0.15) is 0 Å². The lowest BCUT2D eigenvalue weighted by Crippen LogP contribution is -2.47. The van der Waals surface area contributed by atoms with Crippen LogP contribution < -0.4 is 11.1 Å². The molecule has 0 aromatic rings. The molecule has 1 atom stereocenters. The standard InChI is InChI=1S/C13H25N3OS/c1-3-16(9-10(2)12(14)18)13(17)15-11-7-5-4-6-8-11/h10-11H,3-9H2,1-2H3,(H2,14,18)(H,15,17). The number of hydrogen-bond acceptors (Lipinski definition) is 2. The second-order valence-corrected chi connectivity index (χ2v) is 5.60. The Hall–Kier alpha value is -0.840. The molecule has 0 saturated heterocycles. The average molecular weight is 271 g/mol. The molecule has 0 radical (unpaired) electrons. The third kappa shape index (κ3) is 4.80. The third-order valence-electron chi connectivity index (χ3n) is 3.58. The van der Waals surface area contributed by atoms with Gasteiger partial charge >= 0.3 is 6.03 Å². The Morgan fingerprint density at radius 2 is 2.06 bits per heavy atom. The molecular weight excluding hydrogens is 246 g/mol. The van der Waals surface area contributed by atoms with Crippen LogP contribution in [0.3, 0.4) is 0 Å². The van der Waals surface area contributed by atoms with Crippen LogP contribution in [-0.4, -0.2) is 35.1 Å². The minimum atomic E-state index is 0.0208. The summed E-state index contributed by atoms with van der Waals surface area (Å²) in [5.74, 6) is 0.0667. The van der Waals surface area contributed by atoms with Crippen molar-refractivity contribution in [3.8, 4) is 0 Å². The van der Waals surface area contributed by atoms with Crippen LogP contribution in [0.25, 0.3) is 0 Å². The zero-order valence-corrected chi connectivity index (χ0v) is 12.3. The Morgan fingerprint density at radius 3 is 2.56 bits per heavy atom. The SMILES string of the molecule is CCN(CC(C)C(N)=S)C(=O)NC1CCCCC1. The average Bonchev–Trinajstić information content (AvgIpc) is 2.36. The number of thiocarbonyl (C=S) groups is 1. The first-order chi connectivity index (χ1) is 8.54. The van der Waals surface area contributed by atoms with Gasteiger partial charge in [0.25, 0.3) is 0 Å². The van der Waals surface area contributed by atoms with Crippen LogP contribution in [0.5, 0.6) is 0 Å². The summed E-state index contributed by atoms with van der Waals surface area (Å²) in [5, 5.41) is 3.12. The molecule has 104 valence electrons. The molecule has 0 spiro atoms. The van der Waals surface area contributed by atoms with Crippen molar-refractivity contribution in [1.29, 1.82) is 0 Å². The van der Waals surface area contributed by atoms with Crippen LogP contribution in [0, 0.1) is 5.92 Å². The highest BCUT2D eigenvalue weighted by Gasteiger charge is 2.20. The number of rotatable bonds is 5. The molecule has 4 nitrogen and oxygen atoms in total. The number of amides is 2. The molecule has 0 aromatic carbocycles. The molecule has 1 rings (SSSR count). The molecule has 18 heavy (non-hydrogen) atoms. The first kappa shape index (κ1) is 15.2. The van der Waals surface area contributed by atoms with Gasteiger partial charge in [0.2, 0.25) is 0 Å². The second kappa shape index (κ2) is 7.56. The molecule has 3 N–H and O–H groups in total. The van der Waals surface area contributed by atoms with Crippen molar-refractivity contribution in [2.75, 3.05) is 13.1 Å². The van der Waals surface area contributed by atoms with Crippen LogP contribution in [-0.2, 0) is 0 Å². The molecule has 0 heterocycles. The van der Waals surface area contributed by atoms with Gasteiger partial charge in [-0.05, 0) is 19.8 Å².